The lowest BCUT2D eigenvalue weighted by Gasteiger charge is -2.16. The van der Waals surface area contributed by atoms with E-state index in [0.717, 1.165) is 24.0 Å². The van der Waals surface area contributed by atoms with Crippen molar-refractivity contribution in [2.45, 2.75) is 38.0 Å². The van der Waals surface area contributed by atoms with E-state index in [1.165, 1.54) is 6.07 Å². The van der Waals surface area contributed by atoms with Crippen LogP contribution in [0.25, 0.3) is 0 Å². The molecule has 0 spiro atoms. The van der Waals surface area contributed by atoms with Crippen molar-refractivity contribution in [2.24, 2.45) is 5.41 Å². The first-order valence-corrected chi connectivity index (χ1v) is 8.25. The van der Waals surface area contributed by atoms with Crippen molar-refractivity contribution in [2.75, 3.05) is 18.9 Å². The van der Waals surface area contributed by atoms with E-state index >= 15 is 0 Å². The van der Waals surface area contributed by atoms with Gasteiger partial charge in [-0.25, -0.2) is 13.1 Å². The van der Waals surface area contributed by atoms with Crippen molar-refractivity contribution >= 4 is 15.7 Å². The third-order valence-electron chi connectivity index (χ3n) is 4.23. The number of aryl methyl sites for hydroxylation is 1. The molecule has 0 aromatic heterocycles. The fourth-order valence-corrected chi connectivity index (χ4v) is 3.55. The molecule has 5 nitrogen and oxygen atoms in total. The van der Waals surface area contributed by atoms with Crippen LogP contribution in [-0.2, 0) is 10.0 Å². The molecular weight excluding hydrogens is 276 g/mol. The molecule has 1 fully saturated rings. The summed E-state index contributed by atoms with van der Waals surface area (Å²) in [7, 11) is -3.55. The predicted molar refractivity (Wildman–Crippen MR) is 78.9 cm³/mol. The monoisotopic (exact) mass is 298 g/mol. The number of aliphatic hydroxyl groups excluding tert-OH is 1. The van der Waals surface area contributed by atoms with Gasteiger partial charge in [0, 0.05) is 18.8 Å². The molecule has 1 aromatic rings. The highest BCUT2D eigenvalue weighted by Crippen LogP contribution is 2.48. The number of aliphatic hydroxyl groups is 1. The van der Waals surface area contributed by atoms with Crippen LogP contribution in [0.4, 0.5) is 5.69 Å². The van der Waals surface area contributed by atoms with Gasteiger partial charge in [-0.2, -0.15) is 0 Å². The van der Waals surface area contributed by atoms with Crippen molar-refractivity contribution in [3.63, 3.8) is 0 Å². The molecule has 1 aromatic carbocycles. The lowest BCUT2D eigenvalue weighted by molar-refractivity contribution is 0.249. The Labute approximate surface area is 120 Å². The number of benzene rings is 1. The summed E-state index contributed by atoms with van der Waals surface area (Å²) >= 11 is 0. The van der Waals surface area contributed by atoms with Gasteiger partial charge >= 0.3 is 0 Å². The average molecular weight is 298 g/mol. The average Bonchev–Trinajstić information content (AvgIpc) is 3.14. The highest BCUT2D eigenvalue weighted by atomic mass is 32.2. The maximum Gasteiger partial charge on any atom is 0.240 e. The highest BCUT2D eigenvalue weighted by molar-refractivity contribution is 7.89. The fourth-order valence-electron chi connectivity index (χ4n) is 2.27. The Balaban J connectivity index is 2.15. The first kappa shape index (κ1) is 15.3. The third kappa shape index (κ3) is 3.13. The molecule has 4 N–H and O–H groups in total. The number of nitrogen functional groups attached to an aromatic ring is 1. The quantitative estimate of drug-likeness (QED) is 0.691. The van der Waals surface area contributed by atoms with Crippen LogP contribution in [0.3, 0.4) is 0 Å². The Morgan fingerprint density at radius 1 is 1.35 bits per heavy atom. The molecule has 1 aliphatic carbocycles. The molecule has 0 amide bonds. The zero-order valence-corrected chi connectivity index (χ0v) is 12.8. The van der Waals surface area contributed by atoms with Crippen LogP contribution in [0.1, 0.15) is 30.4 Å². The summed E-state index contributed by atoms with van der Waals surface area (Å²) in [5.41, 5.74) is 8.04. The first-order valence-electron chi connectivity index (χ1n) is 6.77. The minimum Gasteiger partial charge on any atom is -0.398 e. The van der Waals surface area contributed by atoms with E-state index in [2.05, 4.69) is 4.72 Å². The largest absolute Gasteiger partial charge is 0.398 e. The number of hydrogen-bond donors (Lipinski definition) is 3. The van der Waals surface area contributed by atoms with Crippen LogP contribution < -0.4 is 10.5 Å². The predicted octanol–water partition coefficient (Wildman–Crippen LogP) is 1.33. The van der Waals surface area contributed by atoms with Gasteiger partial charge in [-0.3, -0.25) is 0 Å². The van der Waals surface area contributed by atoms with Gasteiger partial charge in [0.05, 0.1) is 4.90 Å². The second-order valence-electron chi connectivity index (χ2n) is 5.75. The van der Waals surface area contributed by atoms with Crippen molar-refractivity contribution in [1.82, 2.24) is 4.72 Å². The van der Waals surface area contributed by atoms with Crippen molar-refractivity contribution in [3.05, 3.63) is 23.3 Å². The molecule has 0 bridgehead atoms. The number of anilines is 1. The number of sulfonamides is 1. The number of nitrogens with one attached hydrogen (secondary N) is 1. The highest BCUT2D eigenvalue weighted by Gasteiger charge is 2.42. The van der Waals surface area contributed by atoms with Gasteiger partial charge < -0.3 is 10.8 Å². The van der Waals surface area contributed by atoms with E-state index in [1.54, 1.807) is 6.07 Å². The van der Waals surface area contributed by atoms with Crippen molar-refractivity contribution in [1.29, 1.82) is 0 Å². The van der Waals surface area contributed by atoms with Crippen LogP contribution >= 0.6 is 0 Å². The summed E-state index contributed by atoms with van der Waals surface area (Å²) in [6, 6.07) is 3.13. The summed E-state index contributed by atoms with van der Waals surface area (Å²) in [5, 5.41) is 9.00. The van der Waals surface area contributed by atoms with Crippen LogP contribution in [0.15, 0.2) is 17.0 Å². The van der Waals surface area contributed by atoms with Gasteiger partial charge in [-0.1, -0.05) is 0 Å². The molecule has 0 radical (unpaired) electrons. The van der Waals surface area contributed by atoms with Gasteiger partial charge in [0.15, 0.2) is 0 Å². The summed E-state index contributed by atoms with van der Waals surface area (Å²) in [4.78, 5) is 0.206. The van der Waals surface area contributed by atoms with Crippen LogP contribution in [0.5, 0.6) is 0 Å². The van der Waals surface area contributed by atoms with Crippen molar-refractivity contribution in [3.8, 4) is 0 Å². The zero-order chi connectivity index (χ0) is 15.0. The summed E-state index contributed by atoms with van der Waals surface area (Å²) < 4.78 is 27.2. The molecule has 2 rings (SSSR count). The molecular formula is C14H22N2O3S. The van der Waals surface area contributed by atoms with Crippen LogP contribution in [0, 0.1) is 19.3 Å². The Hall–Kier alpha value is -1.11. The number of rotatable bonds is 6. The van der Waals surface area contributed by atoms with E-state index in [1.807, 2.05) is 13.8 Å². The molecule has 0 unspecified atom stereocenters. The lowest BCUT2D eigenvalue weighted by Crippen LogP contribution is -2.31. The maximum atomic E-state index is 12.3. The van der Waals surface area contributed by atoms with Crippen molar-refractivity contribution < 1.29 is 13.5 Å². The van der Waals surface area contributed by atoms with Gasteiger partial charge in [0.25, 0.3) is 0 Å². The molecule has 6 heteroatoms. The minimum absolute atomic E-state index is 0.0485. The molecule has 20 heavy (non-hydrogen) atoms. The van der Waals surface area contributed by atoms with Gasteiger partial charge in [-0.15, -0.1) is 0 Å². The zero-order valence-electron chi connectivity index (χ0n) is 11.9. The SMILES string of the molecule is Cc1cc(S(=O)(=O)NCC2(CCO)CC2)cc(N)c1C. The second kappa shape index (κ2) is 5.35. The van der Waals surface area contributed by atoms with Crippen LogP contribution in [0.2, 0.25) is 0 Å². The van der Waals surface area contributed by atoms with Gasteiger partial charge in [0.1, 0.15) is 0 Å². The van der Waals surface area contributed by atoms with E-state index in [9.17, 15) is 8.42 Å². The standard InChI is InChI=1S/C14H22N2O3S/c1-10-7-12(8-13(15)11(10)2)20(18,19)16-9-14(3-4-14)5-6-17/h7-8,16-17H,3-6,9,15H2,1-2H3. The smallest absolute Gasteiger partial charge is 0.240 e. The molecule has 112 valence electrons. The number of nitrogens with two attached hydrogens (primary N) is 1. The Morgan fingerprint density at radius 3 is 2.50 bits per heavy atom. The summed E-state index contributed by atoms with van der Waals surface area (Å²) in [5.74, 6) is 0. The summed E-state index contributed by atoms with van der Waals surface area (Å²) in [6.07, 6.45) is 2.57. The topological polar surface area (TPSA) is 92.4 Å². The Morgan fingerprint density at radius 2 is 2.00 bits per heavy atom. The minimum atomic E-state index is -3.55. The van der Waals surface area contributed by atoms with Gasteiger partial charge in [-0.05, 0) is 61.8 Å². The van der Waals surface area contributed by atoms with Crippen LogP contribution in [-0.4, -0.2) is 26.7 Å². The fraction of sp³-hybridized carbons (Fsp3) is 0.571. The number of hydrogen-bond acceptors (Lipinski definition) is 4. The Kier molecular flexibility index (Phi) is 4.09. The first-order chi connectivity index (χ1) is 9.30. The Bertz CT molecular complexity index is 584. The maximum absolute atomic E-state index is 12.3. The molecule has 1 aliphatic rings. The molecule has 0 aliphatic heterocycles. The van der Waals surface area contributed by atoms with Gasteiger partial charge in [0.2, 0.25) is 10.0 Å². The van der Waals surface area contributed by atoms with E-state index < -0.39 is 10.0 Å². The molecule has 0 saturated heterocycles. The lowest BCUT2D eigenvalue weighted by atomic mass is 10.0. The summed E-state index contributed by atoms with van der Waals surface area (Å²) in [6.45, 7) is 4.19. The van der Waals surface area contributed by atoms with E-state index in [-0.39, 0.29) is 16.9 Å². The van der Waals surface area contributed by atoms with E-state index in [4.69, 9.17) is 10.8 Å². The second-order valence-corrected chi connectivity index (χ2v) is 7.52. The third-order valence-corrected chi connectivity index (χ3v) is 5.61. The molecule has 0 heterocycles. The molecule has 1 saturated carbocycles. The molecule has 0 atom stereocenters. The van der Waals surface area contributed by atoms with E-state index in [0.29, 0.717) is 18.7 Å². The normalized spacial score (nSPS) is 17.1.